The van der Waals surface area contributed by atoms with E-state index in [2.05, 4.69) is 5.32 Å². The van der Waals surface area contributed by atoms with Crippen LogP contribution in [0, 0.1) is 11.3 Å². The summed E-state index contributed by atoms with van der Waals surface area (Å²) >= 11 is 0. The molecule has 0 aromatic rings. The predicted octanol–water partition coefficient (Wildman–Crippen LogP) is 2.04. The Labute approximate surface area is 97.4 Å². The molecule has 0 aromatic heterocycles. The molecule has 0 aliphatic rings. The molecule has 2 N–H and O–H groups in total. The summed E-state index contributed by atoms with van der Waals surface area (Å²) < 4.78 is 0. The lowest BCUT2D eigenvalue weighted by molar-refractivity contribution is -0.137. The molecule has 4 heteroatoms. The van der Waals surface area contributed by atoms with Gasteiger partial charge in [-0.25, -0.2) is 0 Å². The highest BCUT2D eigenvalue weighted by Gasteiger charge is 2.16. The van der Waals surface area contributed by atoms with Crippen LogP contribution in [0.15, 0.2) is 0 Å². The summed E-state index contributed by atoms with van der Waals surface area (Å²) in [5, 5.41) is 11.3. The number of carboxylic acid groups (broad SMARTS) is 1. The molecule has 94 valence electrons. The van der Waals surface area contributed by atoms with E-state index < -0.39 is 5.97 Å². The lowest BCUT2D eigenvalue weighted by Crippen LogP contribution is -2.31. The number of carbonyl (C=O) groups is 2. The summed E-state index contributed by atoms with van der Waals surface area (Å²) in [4.78, 5) is 21.8. The first-order valence-corrected chi connectivity index (χ1v) is 5.69. The second-order valence-corrected chi connectivity index (χ2v) is 5.58. The zero-order valence-corrected chi connectivity index (χ0v) is 10.7. The quantitative estimate of drug-likeness (QED) is 0.732. The SMILES string of the molecule is CC(CCC(=O)O)CNC(=O)CC(C)(C)C. The Morgan fingerprint density at radius 3 is 2.31 bits per heavy atom. The van der Waals surface area contributed by atoms with Crippen molar-refractivity contribution in [3.05, 3.63) is 0 Å². The zero-order valence-electron chi connectivity index (χ0n) is 10.7. The first-order valence-electron chi connectivity index (χ1n) is 5.69. The van der Waals surface area contributed by atoms with Gasteiger partial charge in [0.1, 0.15) is 0 Å². The smallest absolute Gasteiger partial charge is 0.303 e. The minimum Gasteiger partial charge on any atom is -0.481 e. The van der Waals surface area contributed by atoms with Gasteiger partial charge in [0.2, 0.25) is 5.91 Å². The molecule has 0 aliphatic heterocycles. The molecule has 0 radical (unpaired) electrons. The van der Waals surface area contributed by atoms with E-state index in [-0.39, 0.29) is 23.7 Å². The van der Waals surface area contributed by atoms with E-state index in [9.17, 15) is 9.59 Å². The maximum Gasteiger partial charge on any atom is 0.303 e. The highest BCUT2D eigenvalue weighted by Crippen LogP contribution is 2.17. The van der Waals surface area contributed by atoms with Crippen LogP contribution >= 0.6 is 0 Å². The van der Waals surface area contributed by atoms with E-state index in [0.717, 1.165) is 0 Å². The van der Waals surface area contributed by atoms with Crippen molar-refractivity contribution in [2.24, 2.45) is 11.3 Å². The average molecular weight is 229 g/mol. The molecular formula is C12H23NO3. The molecule has 1 unspecified atom stereocenters. The van der Waals surface area contributed by atoms with Crippen molar-refractivity contribution in [2.45, 2.75) is 47.0 Å². The summed E-state index contributed by atoms with van der Waals surface area (Å²) in [7, 11) is 0. The second-order valence-electron chi connectivity index (χ2n) is 5.58. The maximum absolute atomic E-state index is 11.5. The van der Waals surface area contributed by atoms with E-state index >= 15 is 0 Å². The van der Waals surface area contributed by atoms with E-state index in [1.165, 1.54) is 0 Å². The number of amides is 1. The number of aliphatic carboxylic acids is 1. The first kappa shape index (κ1) is 14.9. The van der Waals surface area contributed by atoms with E-state index in [4.69, 9.17) is 5.11 Å². The van der Waals surface area contributed by atoms with E-state index in [0.29, 0.717) is 19.4 Å². The van der Waals surface area contributed by atoms with Crippen LogP contribution in [0.1, 0.15) is 47.0 Å². The van der Waals surface area contributed by atoms with Crippen LogP contribution in [0.5, 0.6) is 0 Å². The van der Waals surface area contributed by atoms with Gasteiger partial charge in [-0.2, -0.15) is 0 Å². The Balaban J connectivity index is 3.71. The van der Waals surface area contributed by atoms with Crippen molar-refractivity contribution < 1.29 is 14.7 Å². The van der Waals surface area contributed by atoms with Gasteiger partial charge >= 0.3 is 5.97 Å². The third kappa shape index (κ3) is 9.49. The molecule has 0 fully saturated rings. The molecular weight excluding hydrogens is 206 g/mol. The summed E-state index contributed by atoms with van der Waals surface area (Å²) in [5.74, 6) is -0.539. The fourth-order valence-electron chi connectivity index (χ4n) is 1.30. The van der Waals surface area contributed by atoms with Crippen molar-refractivity contribution in [3.8, 4) is 0 Å². The minimum atomic E-state index is -0.784. The molecule has 0 heterocycles. The number of carboxylic acids is 1. The first-order chi connectivity index (χ1) is 7.20. The van der Waals surface area contributed by atoms with Gasteiger partial charge in [0.25, 0.3) is 0 Å². The molecule has 0 saturated heterocycles. The number of hydrogen-bond donors (Lipinski definition) is 2. The molecule has 1 atom stereocenters. The van der Waals surface area contributed by atoms with Crippen LogP contribution in [0.2, 0.25) is 0 Å². The maximum atomic E-state index is 11.5. The molecule has 0 saturated carbocycles. The summed E-state index contributed by atoms with van der Waals surface area (Å²) in [6, 6.07) is 0. The lowest BCUT2D eigenvalue weighted by atomic mass is 9.92. The highest BCUT2D eigenvalue weighted by atomic mass is 16.4. The fraction of sp³-hybridized carbons (Fsp3) is 0.833. The largest absolute Gasteiger partial charge is 0.481 e. The topological polar surface area (TPSA) is 66.4 Å². The third-order valence-electron chi connectivity index (χ3n) is 2.19. The molecule has 0 aliphatic carbocycles. The van der Waals surface area contributed by atoms with E-state index in [1.54, 1.807) is 0 Å². The van der Waals surface area contributed by atoms with Crippen LogP contribution in [-0.4, -0.2) is 23.5 Å². The number of carbonyl (C=O) groups excluding carboxylic acids is 1. The Morgan fingerprint density at radius 1 is 1.31 bits per heavy atom. The molecule has 0 aromatic carbocycles. The van der Waals surface area contributed by atoms with Crippen molar-refractivity contribution in [3.63, 3.8) is 0 Å². The van der Waals surface area contributed by atoms with Crippen LogP contribution in [0.4, 0.5) is 0 Å². The van der Waals surface area contributed by atoms with Crippen molar-refractivity contribution in [2.75, 3.05) is 6.54 Å². The predicted molar refractivity (Wildman–Crippen MR) is 63.1 cm³/mol. The molecule has 0 rings (SSSR count). The Hall–Kier alpha value is -1.06. The molecule has 16 heavy (non-hydrogen) atoms. The van der Waals surface area contributed by atoms with E-state index in [1.807, 2.05) is 27.7 Å². The van der Waals surface area contributed by atoms with Crippen molar-refractivity contribution in [1.29, 1.82) is 0 Å². The summed E-state index contributed by atoms with van der Waals surface area (Å²) in [6.07, 6.45) is 1.26. The highest BCUT2D eigenvalue weighted by molar-refractivity contribution is 5.76. The van der Waals surface area contributed by atoms with Crippen molar-refractivity contribution >= 4 is 11.9 Å². The molecule has 0 spiro atoms. The van der Waals surface area contributed by atoms with Crippen molar-refractivity contribution in [1.82, 2.24) is 5.32 Å². The number of nitrogens with one attached hydrogen (secondary N) is 1. The van der Waals surface area contributed by atoms with Crippen LogP contribution < -0.4 is 5.32 Å². The van der Waals surface area contributed by atoms with Crippen LogP contribution in [-0.2, 0) is 9.59 Å². The monoisotopic (exact) mass is 229 g/mol. The van der Waals surface area contributed by atoms with Gasteiger partial charge in [-0.1, -0.05) is 27.7 Å². The van der Waals surface area contributed by atoms with Gasteiger partial charge in [0.15, 0.2) is 0 Å². The third-order valence-corrected chi connectivity index (χ3v) is 2.19. The summed E-state index contributed by atoms with van der Waals surface area (Å²) in [5.41, 5.74) is -0.00557. The number of hydrogen-bond acceptors (Lipinski definition) is 2. The van der Waals surface area contributed by atoms with Gasteiger partial charge in [0, 0.05) is 19.4 Å². The van der Waals surface area contributed by atoms with Gasteiger partial charge in [-0.3, -0.25) is 9.59 Å². The average Bonchev–Trinajstić information content (AvgIpc) is 2.08. The van der Waals surface area contributed by atoms with Crippen LogP contribution in [0.25, 0.3) is 0 Å². The number of rotatable bonds is 6. The Kier molecular flexibility index (Phi) is 6.08. The molecule has 1 amide bonds. The zero-order chi connectivity index (χ0) is 12.8. The fourth-order valence-corrected chi connectivity index (χ4v) is 1.30. The standard InChI is InChI=1S/C12H23NO3/c1-9(5-6-11(15)16)8-13-10(14)7-12(2,3)4/h9H,5-8H2,1-4H3,(H,13,14)(H,15,16). The second kappa shape index (κ2) is 6.51. The Morgan fingerprint density at radius 2 is 1.88 bits per heavy atom. The van der Waals surface area contributed by atoms with Gasteiger partial charge < -0.3 is 10.4 Å². The van der Waals surface area contributed by atoms with Gasteiger partial charge in [-0.05, 0) is 17.8 Å². The summed E-state index contributed by atoms with van der Waals surface area (Å²) in [6.45, 7) is 8.55. The van der Waals surface area contributed by atoms with Gasteiger partial charge in [0.05, 0.1) is 0 Å². The van der Waals surface area contributed by atoms with Crippen LogP contribution in [0.3, 0.4) is 0 Å². The molecule has 0 bridgehead atoms. The molecule has 4 nitrogen and oxygen atoms in total. The normalized spacial score (nSPS) is 13.2. The lowest BCUT2D eigenvalue weighted by Gasteiger charge is -2.18. The minimum absolute atomic E-state index is 0.00557. The Bertz CT molecular complexity index is 243. The van der Waals surface area contributed by atoms with Gasteiger partial charge in [-0.15, -0.1) is 0 Å².